The third kappa shape index (κ3) is 5.99. The molecule has 2 aromatic carbocycles. The lowest BCUT2D eigenvalue weighted by Crippen LogP contribution is -2.46. The van der Waals surface area contributed by atoms with Crippen molar-refractivity contribution < 1.29 is 19.1 Å². The van der Waals surface area contributed by atoms with Crippen LogP contribution in [0.2, 0.25) is 0 Å². The van der Waals surface area contributed by atoms with E-state index in [0.717, 1.165) is 18.6 Å². The van der Waals surface area contributed by atoms with E-state index in [9.17, 15) is 9.59 Å². The van der Waals surface area contributed by atoms with Gasteiger partial charge in [-0.05, 0) is 50.5 Å². The van der Waals surface area contributed by atoms with Gasteiger partial charge in [-0.3, -0.25) is 9.59 Å². The molecule has 0 radical (unpaired) electrons. The summed E-state index contributed by atoms with van der Waals surface area (Å²) < 4.78 is 11.0. The molecule has 0 bridgehead atoms. The molecule has 0 unspecified atom stereocenters. The van der Waals surface area contributed by atoms with E-state index < -0.39 is 0 Å². The Labute approximate surface area is 178 Å². The fraction of sp³-hybridized carbons (Fsp3) is 0.417. The number of rotatable bonds is 8. The quantitative estimate of drug-likeness (QED) is 0.676. The summed E-state index contributed by atoms with van der Waals surface area (Å²) in [7, 11) is 1.56. The van der Waals surface area contributed by atoms with E-state index in [4.69, 9.17) is 9.47 Å². The molecule has 1 N–H and O–H groups in total. The molecule has 2 aromatic rings. The number of hydrogen-bond donors (Lipinski definition) is 1. The van der Waals surface area contributed by atoms with E-state index in [-0.39, 0.29) is 17.9 Å². The van der Waals surface area contributed by atoms with Gasteiger partial charge in [-0.2, -0.15) is 0 Å². The first-order valence-electron chi connectivity index (χ1n) is 10.5. The number of methoxy groups -OCH3 is 1. The number of carbonyl (C=O) groups is 2. The summed E-state index contributed by atoms with van der Waals surface area (Å²) in [4.78, 5) is 26.9. The molecule has 1 aliphatic heterocycles. The average Bonchev–Trinajstić information content (AvgIpc) is 2.78. The molecule has 1 fully saturated rings. The highest BCUT2D eigenvalue weighted by Gasteiger charge is 2.24. The molecule has 0 aromatic heterocycles. The van der Waals surface area contributed by atoms with E-state index >= 15 is 0 Å². The second-order valence-electron chi connectivity index (χ2n) is 7.59. The van der Waals surface area contributed by atoms with Crippen LogP contribution in [0.15, 0.2) is 48.5 Å². The Bertz CT molecular complexity index is 843. The van der Waals surface area contributed by atoms with Crippen molar-refractivity contribution in [1.82, 2.24) is 10.2 Å². The van der Waals surface area contributed by atoms with Gasteiger partial charge in [0, 0.05) is 25.6 Å². The monoisotopic (exact) mass is 410 g/mol. The summed E-state index contributed by atoms with van der Waals surface area (Å²) in [5.74, 6) is 1.41. The fourth-order valence-electron chi connectivity index (χ4n) is 3.57. The van der Waals surface area contributed by atoms with Crippen LogP contribution in [0.3, 0.4) is 0 Å². The van der Waals surface area contributed by atoms with Crippen molar-refractivity contribution in [3.8, 4) is 11.5 Å². The molecule has 160 valence electrons. The molecule has 2 amide bonds. The molecule has 6 nitrogen and oxygen atoms in total. The Balaban J connectivity index is 1.36. The van der Waals surface area contributed by atoms with Gasteiger partial charge in [-0.15, -0.1) is 0 Å². The van der Waals surface area contributed by atoms with Gasteiger partial charge in [-0.25, -0.2) is 0 Å². The summed E-state index contributed by atoms with van der Waals surface area (Å²) in [5, 5.41) is 3.07. The maximum Gasteiger partial charge on any atom is 0.255 e. The zero-order valence-electron chi connectivity index (χ0n) is 17.7. The lowest BCUT2D eigenvalue weighted by molar-refractivity contribution is -0.132. The number of amides is 2. The van der Waals surface area contributed by atoms with Crippen molar-refractivity contribution in [1.29, 1.82) is 0 Å². The van der Waals surface area contributed by atoms with Crippen LogP contribution in [-0.4, -0.2) is 49.6 Å². The van der Waals surface area contributed by atoms with Crippen molar-refractivity contribution in [2.45, 2.75) is 38.6 Å². The molecule has 1 aliphatic rings. The third-order valence-electron chi connectivity index (χ3n) is 5.36. The van der Waals surface area contributed by atoms with Crippen LogP contribution in [0, 0.1) is 6.92 Å². The first kappa shape index (κ1) is 21.7. The van der Waals surface area contributed by atoms with Gasteiger partial charge in [0.15, 0.2) is 0 Å². The number of benzene rings is 2. The Morgan fingerprint density at radius 2 is 1.77 bits per heavy atom. The number of nitrogens with zero attached hydrogens (tertiary/aromatic N) is 1. The minimum Gasteiger partial charge on any atom is -0.496 e. The Morgan fingerprint density at radius 3 is 2.47 bits per heavy atom. The van der Waals surface area contributed by atoms with Gasteiger partial charge in [0.2, 0.25) is 5.91 Å². The Hall–Kier alpha value is -3.02. The molecule has 1 heterocycles. The van der Waals surface area contributed by atoms with Crippen LogP contribution in [0.25, 0.3) is 0 Å². The lowest BCUT2D eigenvalue weighted by atomic mass is 10.0. The summed E-state index contributed by atoms with van der Waals surface area (Å²) >= 11 is 0. The fourth-order valence-corrected chi connectivity index (χ4v) is 3.57. The molecule has 6 heteroatoms. The van der Waals surface area contributed by atoms with E-state index in [1.54, 1.807) is 19.2 Å². The maximum atomic E-state index is 12.5. The zero-order chi connectivity index (χ0) is 21.3. The van der Waals surface area contributed by atoms with E-state index in [1.165, 1.54) is 5.56 Å². The number of ether oxygens (including phenoxy) is 2. The Kier molecular flexibility index (Phi) is 7.71. The summed E-state index contributed by atoms with van der Waals surface area (Å²) in [6.45, 7) is 3.89. The number of aryl methyl sites for hydroxylation is 1. The first-order valence-corrected chi connectivity index (χ1v) is 10.5. The van der Waals surface area contributed by atoms with Gasteiger partial charge in [-0.1, -0.05) is 29.8 Å². The first-order chi connectivity index (χ1) is 14.6. The SMILES string of the molecule is COc1ccccc1C(=O)NC1CCN(C(=O)CCCOc2ccc(C)cc2)CC1. The van der Waals surface area contributed by atoms with Crippen LogP contribution in [0.4, 0.5) is 0 Å². The van der Waals surface area contributed by atoms with Crippen LogP contribution >= 0.6 is 0 Å². The normalized spacial score (nSPS) is 14.3. The number of likely N-dealkylation sites (tertiary alicyclic amines) is 1. The van der Waals surface area contributed by atoms with E-state index in [1.807, 2.05) is 48.2 Å². The Morgan fingerprint density at radius 1 is 1.07 bits per heavy atom. The minimum absolute atomic E-state index is 0.0660. The van der Waals surface area contributed by atoms with Crippen molar-refractivity contribution >= 4 is 11.8 Å². The smallest absolute Gasteiger partial charge is 0.255 e. The highest BCUT2D eigenvalue weighted by atomic mass is 16.5. The maximum absolute atomic E-state index is 12.5. The highest BCUT2D eigenvalue weighted by molar-refractivity contribution is 5.97. The molecule has 0 spiro atoms. The van der Waals surface area contributed by atoms with E-state index in [2.05, 4.69) is 5.32 Å². The molecular weight excluding hydrogens is 380 g/mol. The van der Waals surface area contributed by atoms with Gasteiger partial charge in [0.25, 0.3) is 5.91 Å². The number of carbonyl (C=O) groups excluding carboxylic acids is 2. The molecule has 0 aliphatic carbocycles. The van der Waals surface area contributed by atoms with Gasteiger partial charge >= 0.3 is 0 Å². The number of hydrogen-bond acceptors (Lipinski definition) is 4. The average molecular weight is 411 g/mol. The molecule has 30 heavy (non-hydrogen) atoms. The van der Waals surface area contributed by atoms with Crippen molar-refractivity contribution in [3.63, 3.8) is 0 Å². The molecule has 3 rings (SSSR count). The molecular formula is C24H30N2O4. The van der Waals surface area contributed by atoms with Gasteiger partial charge in [0.1, 0.15) is 11.5 Å². The molecule has 0 atom stereocenters. The second kappa shape index (κ2) is 10.7. The molecule has 0 saturated carbocycles. The van der Waals surface area contributed by atoms with Crippen molar-refractivity contribution in [2.75, 3.05) is 26.8 Å². The summed E-state index contributed by atoms with van der Waals surface area (Å²) in [6, 6.07) is 15.2. The molecule has 1 saturated heterocycles. The standard InChI is InChI=1S/C24H30N2O4/c1-18-9-11-20(12-10-18)30-17-5-8-23(27)26-15-13-19(14-16-26)25-24(28)21-6-3-4-7-22(21)29-2/h3-4,6-7,9-12,19H,5,8,13-17H2,1-2H3,(H,25,28). The predicted molar refractivity (Wildman–Crippen MR) is 116 cm³/mol. The summed E-state index contributed by atoms with van der Waals surface area (Å²) in [6.07, 6.45) is 2.68. The lowest BCUT2D eigenvalue weighted by Gasteiger charge is -2.32. The van der Waals surface area contributed by atoms with Crippen molar-refractivity contribution in [3.05, 3.63) is 59.7 Å². The number of piperidine rings is 1. The van der Waals surface area contributed by atoms with Crippen LogP contribution in [0.5, 0.6) is 11.5 Å². The van der Waals surface area contributed by atoms with Crippen LogP contribution < -0.4 is 14.8 Å². The zero-order valence-corrected chi connectivity index (χ0v) is 17.7. The van der Waals surface area contributed by atoms with Gasteiger partial charge in [0.05, 0.1) is 19.3 Å². The topological polar surface area (TPSA) is 67.9 Å². The largest absolute Gasteiger partial charge is 0.496 e. The minimum atomic E-state index is -0.134. The summed E-state index contributed by atoms with van der Waals surface area (Å²) in [5.41, 5.74) is 1.73. The van der Waals surface area contributed by atoms with Crippen molar-refractivity contribution in [2.24, 2.45) is 0 Å². The van der Waals surface area contributed by atoms with E-state index in [0.29, 0.717) is 43.9 Å². The third-order valence-corrected chi connectivity index (χ3v) is 5.36. The predicted octanol–water partition coefficient (Wildman–Crippen LogP) is 3.58. The number of nitrogens with one attached hydrogen (secondary N) is 1. The van der Waals surface area contributed by atoms with Crippen LogP contribution in [-0.2, 0) is 4.79 Å². The van der Waals surface area contributed by atoms with Crippen LogP contribution in [0.1, 0.15) is 41.6 Å². The highest BCUT2D eigenvalue weighted by Crippen LogP contribution is 2.19. The second-order valence-corrected chi connectivity index (χ2v) is 7.59. The number of para-hydroxylation sites is 1. The van der Waals surface area contributed by atoms with Gasteiger partial charge < -0.3 is 19.7 Å².